The minimum absolute atomic E-state index is 0.165. The minimum Gasteiger partial charge on any atom is -0.484 e. The van der Waals surface area contributed by atoms with Crippen LogP contribution in [0.25, 0.3) is 0 Å². The first kappa shape index (κ1) is 21.9. The molecule has 1 aliphatic rings. The second-order valence-corrected chi connectivity index (χ2v) is 7.52. The maximum absolute atomic E-state index is 12.5. The van der Waals surface area contributed by atoms with Gasteiger partial charge < -0.3 is 20.1 Å². The second kappa shape index (κ2) is 9.86. The third kappa shape index (κ3) is 5.68. The SMILES string of the molecule is Cc1ccc(OCC(=O)Nc2ccc3c(c2)N(CC(=O)Nc2ccccc2)C(=O)CO3)cc1. The number of hydrogen-bond donors (Lipinski definition) is 2. The van der Waals surface area contributed by atoms with Gasteiger partial charge in [0.25, 0.3) is 11.8 Å². The van der Waals surface area contributed by atoms with Crippen LogP contribution in [0.5, 0.6) is 11.5 Å². The molecule has 0 aromatic heterocycles. The molecule has 0 radical (unpaired) electrons. The molecule has 0 aliphatic carbocycles. The van der Waals surface area contributed by atoms with Crippen LogP contribution in [-0.2, 0) is 14.4 Å². The number of nitrogens with zero attached hydrogens (tertiary/aromatic N) is 1. The molecule has 8 nitrogen and oxygen atoms in total. The van der Waals surface area contributed by atoms with Crippen LogP contribution in [0, 0.1) is 6.92 Å². The van der Waals surface area contributed by atoms with E-state index in [9.17, 15) is 14.4 Å². The van der Waals surface area contributed by atoms with Crippen molar-refractivity contribution in [2.45, 2.75) is 6.92 Å². The highest BCUT2D eigenvalue weighted by Crippen LogP contribution is 2.34. The third-order valence-corrected chi connectivity index (χ3v) is 4.94. The Bertz CT molecular complexity index is 1160. The van der Waals surface area contributed by atoms with Gasteiger partial charge in [-0.15, -0.1) is 0 Å². The van der Waals surface area contributed by atoms with Gasteiger partial charge in [-0.2, -0.15) is 0 Å². The van der Waals surface area contributed by atoms with Crippen LogP contribution in [-0.4, -0.2) is 37.5 Å². The van der Waals surface area contributed by atoms with E-state index in [0.29, 0.717) is 28.6 Å². The highest BCUT2D eigenvalue weighted by atomic mass is 16.5. The van der Waals surface area contributed by atoms with Crippen LogP contribution in [0.3, 0.4) is 0 Å². The summed E-state index contributed by atoms with van der Waals surface area (Å²) < 4.78 is 11.0. The van der Waals surface area contributed by atoms with Crippen LogP contribution in [0.2, 0.25) is 0 Å². The number of nitrogens with one attached hydrogen (secondary N) is 2. The lowest BCUT2D eigenvalue weighted by Crippen LogP contribution is -2.43. The summed E-state index contributed by atoms with van der Waals surface area (Å²) in [5.41, 5.74) is 2.60. The standard InChI is InChI=1S/C25H23N3O5/c1-17-7-10-20(11-8-17)32-15-24(30)27-19-9-12-22-21(13-19)28(25(31)16-33-22)14-23(29)26-18-5-3-2-4-6-18/h2-13H,14-16H2,1H3,(H,26,29)(H,27,30). The topological polar surface area (TPSA) is 97.0 Å². The molecule has 0 bridgehead atoms. The largest absolute Gasteiger partial charge is 0.484 e. The summed E-state index contributed by atoms with van der Waals surface area (Å²) in [4.78, 5) is 38.7. The fourth-order valence-corrected chi connectivity index (χ4v) is 3.30. The van der Waals surface area contributed by atoms with E-state index in [-0.39, 0.29) is 37.5 Å². The molecule has 168 valence electrons. The van der Waals surface area contributed by atoms with Gasteiger partial charge in [-0.05, 0) is 49.4 Å². The number of benzene rings is 3. The number of carbonyl (C=O) groups excluding carboxylic acids is 3. The van der Waals surface area contributed by atoms with Crippen molar-refractivity contribution in [3.63, 3.8) is 0 Å². The highest BCUT2D eigenvalue weighted by molar-refractivity contribution is 6.05. The molecule has 3 amide bonds. The highest BCUT2D eigenvalue weighted by Gasteiger charge is 2.28. The Labute approximate surface area is 191 Å². The number of para-hydroxylation sites is 1. The van der Waals surface area contributed by atoms with Gasteiger partial charge in [0.2, 0.25) is 5.91 Å². The normalized spacial score (nSPS) is 12.4. The molecular weight excluding hydrogens is 422 g/mol. The predicted molar refractivity (Wildman–Crippen MR) is 125 cm³/mol. The molecule has 3 aromatic carbocycles. The summed E-state index contributed by atoms with van der Waals surface area (Å²) in [6.07, 6.45) is 0. The fraction of sp³-hybridized carbons (Fsp3) is 0.160. The molecule has 0 fully saturated rings. The molecule has 0 saturated heterocycles. The van der Waals surface area contributed by atoms with Crippen LogP contribution >= 0.6 is 0 Å². The van der Waals surface area contributed by atoms with Crippen LogP contribution in [0.4, 0.5) is 17.1 Å². The van der Waals surface area contributed by atoms with Crippen LogP contribution in [0.15, 0.2) is 72.8 Å². The summed E-state index contributed by atoms with van der Waals surface area (Å²) in [5.74, 6) is -0.000939. The van der Waals surface area contributed by atoms with Gasteiger partial charge >= 0.3 is 0 Å². The predicted octanol–water partition coefficient (Wildman–Crippen LogP) is 3.38. The lowest BCUT2D eigenvalue weighted by molar-refractivity contribution is -0.123. The summed E-state index contributed by atoms with van der Waals surface area (Å²) in [6.45, 7) is 1.45. The third-order valence-electron chi connectivity index (χ3n) is 4.94. The van der Waals surface area contributed by atoms with Crippen molar-refractivity contribution in [1.82, 2.24) is 0 Å². The van der Waals surface area contributed by atoms with Crippen LogP contribution < -0.4 is 25.0 Å². The Kier molecular flexibility index (Phi) is 6.54. The molecule has 4 rings (SSSR count). The zero-order valence-electron chi connectivity index (χ0n) is 18.0. The number of anilines is 3. The van der Waals surface area contributed by atoms with Crippen molar-refractivity contribution in [3.05, 3.63) is 78.4 Å². The van der Waals surface area contributed by atoms with E-state index in [1.807, 2.05) is 37.3 Å². The van der Waals surface area contributed by atoms with E-state index >= 15 is 0 Å². The second-order valence-electron chi connectivity index (χ2n) is 7.52. The Morgan fingerprint density at radius 3 is 2.42 bits per heavy atom. The number of carbonyl (C=O) groups is 3. The van der Waals surface area contributed by atoms with Gasteiger partial charge in [-0.3, -0.25) is 19.3 Å². The van der Waals surface area contributed by atoms with E-state index < -0.39 is 0 Å². The van der Waals surface area contributed by atoms with Crippen molar-refractivity contribution in [2.75, 3.05) is 35.3 Å². The van der Waals surface area contributed by atoms with Gasteiger partial charge in [0, 0.05) is 11.4 Å². The van der Waals surface area contributed by atoms with E-state index in [2.05, 4.69) is 10.6 Å². The average molecular weight is 445 g/mol. The van der Waals surface area contributed by atoms with Gasteiger partial charge in [0.05, 0.1) is 5.69 Å². The number of aryl methyl sites for hydroxylation is 1. The molecule has 0 unspecified atom stereocenters. The Balaban J connectivity index is 1.42. The zero-order valence-corrected chi connectivity index (χ0v) is 18.0. The molecule has 33 heavy (non-hydrogen) atoms. The maximum Gasteiger partial charge on any atom is 0.265 e. The van der Waals surface area contributed by atoms with Crippen molar-refractivity contribution in [3.8, 4) is 11.5 Å². The van der Waals surface area contributed by atoms with Crippen LogP contribution in [0.1, 0.15) is 5.56 Å². The van der Waals surface area contributed by atoms with Gasteiger partial charge in [-0.1, -0.05) is 35.9 Å². The van der Waals surface area contributed by atoms with E-state index in [4.69, 9.17) is 9.47 Å². The molecule has 8 heteroatoms. The molecule has 0 saturated carbocycles. The van der Waals surface area contributed by atoms with Crippen molar-refractivity contribution < 1.29 is 23.9 Å². The number of amides is 3. The molecule has 1 aliphatic heterocycles. The molecule has 2 N–H and O–H groups in total. The van der Waals surface area contributed by atoms with Crippen molar-refractivity contribution in [1.29, 1.82) is 0 Å². The fourth-order valence-electron chi connectivity index (χ4n) is 3.30. The summed E-state index contributed by atoms with van der Waals surface area (Å²) in [7, 11) is 0. The zero-order chi connectivity index (χ0) is 23.2. The number of hydrogen-bond acceptors (Lipinski definition) is 5. The first-order valence-corrected chi connectivity index (χ1v) is 10.4. The number of ether oxygens (including phenoxy) is 2. The summed E-state index contributed by atoms with van der Waals surface area (Å²) in [6, 6.07) is 21.3. The van der Waals surface area contributed by atoms with E-state index in [1.54, 1.807) is 42.5 Å². The molecule has 1 heterocycles. The van der Waals surface area contributed by atoms with Gasteiger partial charge in [0.15, 0.2) is 13.2 Å². The lowest BCUT2D eigenvalue weighted by Gasteiger charge is -2.29. The summed E-state index contributed by atoms with van der Waals surface area (Å²) in [5, 5.41) is 5.51. The Morgan fingerprint density at radius 2 is 1.67 bits per heavy atom. The lowest BCUT2D eigenvalue weighted by atomic mass is 10.2. The smallest absolute Gasteiger partial charge is 0.265 e. The van der Waals surface area contributed by atoms with E-state index in [0.717, 1.165) is 5.56 Å². The Hall–Kier alpha value is -4.33. The van der Waals surface area contributed by atoms with Crippen molar-refractivity contribution >= 4 is 34.8 Å². The van der Waals surface area contributed by atoms with Gasteiger partial charge in [-0.25, -0.2) is 0 Å². The monoisotopic (exact) mass is 445 g/mol. The molecule has 0 spiro atoms. The first-order valence-electron chi connectivity index (χ1n) is 10.4. The molecule has 3 aromatic rings. The molecular formula is C25H23N3O5. The first-order chi connectivity index (χ1) is 16.0. The van der Waals surface area contributed by atoms with Crippen molar-refractivity contribution in [2.24, 2.45) is 0 Å². The Morgan fingerprint density at radius 1 is 0.939 bits per heavy atom. The van der Waals surface area contributed by atoms with Gasteiger partial charge in [0.1, 0.15) is 18.0 Å². The maximum atomic E-state index is 12.5. The molecule has 0 atom stereocenters. The number of fused-ring (bicyclic) bond motifs is 1. The average Bonchev–Trinajstić information content (AvgIpc) is 2.81. The van der Waals surface area contributed by atoms with E-state index in [1.165, 1.54) is 4.90 Å². The number of rotatable bonds is 7. The quantitative estimate of drug-likeness (QED) is 0.581. The summed E-state index contributed by atoms with van der Waals surface area (Å²) >= 11 is 0. The minimum atomic E-state index is -0.355.